The van der Waals surface area contributed by atoms with E-state index in [1.54, 1.807) is 6.92 Å². The predicted molar refractivity (Wildman–Crippen MR) is 90.6 cm³/mol. The van der Waals surface area contributed by atoms with Gasteiger partial charge in [0.1, 0.15) is 12.3 Å². The molecule has 0 radical (unpaired) electrons. The number of alkyl halides is 6. The van der Waals surface area contributed by atoms with E-state index in [-0.39, 0.29) is 21.5 Å². The van der Waals surface area contributed by atoms with Crippen LogP contribution in [0.15, 0.2) is 22.0 Å². The van der Waals surface area contributed by atoms with Crippen LogP contribution in [0, 0.1) is 13.8 Å². The smallest absolute Gasteiger partial charge is 0.281 e. The molecule has 0 aromatic heterocycles. The molecule has 1 heterocycles. The summed E-state index contributed by atoms with van der Waals surface area (Å²) in [5, 5.41) is -0.197. The van der Waals surface area contributed by atoms with Crippen molar-refractivity contribution in [2.24, 2.45) is 4.99 Å². The molecule has 1 aromatic rings. The van der Waals surface area contributed by atoms with E-state index in [0.717, 1.165) is 17.8 Å². The van der Waals surface area contributed by atoms with Crippen molar-refractivity contribution in [2.45, 2.75) is 31.1 Å². The third kappa shape index (κ3) is 5.96. The van der Waals surface area contributed by atoms with Crippen LogP contribution in [0.2, 0.25) is 0 Å². The van der Waals surface area contributed by atoms with Crippen LogP contribution in [0.1, 0.15) is 11.1 Å². The van der Waals surface area contributed by atoms with Crippen LogP contribution in [-0.2, 0) is 15.6 Å². The minimum Gasteiger partial charge on any atom is -0.281 e. The molecule has 150 valence electrons. The molecule has 12 heteroatoms. The van der Waals surface area contributed by atoms with Gasteiger partial charge in [0.15, 0.2) is 5.17 Å². The van der Waals surface area contributed by atoms with E-state index in [1.807, 2.05) is 0 Å². The summed E-state index contributed by atoms with van der Waals surface area (Å²) in [6.07, 6.45) is -9.26. The van der Waals surface area contributed by atoms with Gasteiger partial charge in [-0.15, -0.1) is 0 Å². The predicted octanol–water partition coefficient (Wildman–Crippen LogP) is 4.10. The molecule has 0 aliphatic carbocycles. The summed E-state index contributed by atoms with van der Waals surface area (Å²) in [6, 6.07) is 2.62. The third-order valence-corrected chi connectivity index (χ3v) is 5.92. The molecule has 0 saturated carbocycles. The van der Waals surface area contributed by atoms with Crippen LogP contribution in [0.25, 0.3) is 0 Å². The Labute approximate surface area is 157 Å². The maximum absolute atomic E-state index is 12.6. The number of amidine groups is 1. The van der Waals surface area contributed by atoms with E-state index >= 15 is 0 Å². The van der Waals surface area contributed by atoms with E-state index in [2.05, 4.69) is 4.99 Å². The van der Waals surface area contributed by atoms with Gasteiger partial charge in [0, 0.05) is 4.90 Å². The number of aryl methyl sites for hydroxylation is 2. The molecule has 1 unspecified atom stereocenters. The Bertz CT molecular complexity index is 805. The first-order valence-corrected chi connectivity index (χ1v) is 9.72. The summed E-state index contributed by atoms with van der Waals surface area (Å²) in [7, 11) is -2.38. The number of thioether (sulfide) groups is 1. The highest BCUT2D eigenvalue weighted by atomic mass is 32.2. The lowest BCUT2D eigenvalue weighted by Crippen LogP contribution is -2.38. The molecule has 1 aliphatic heterocycles. The molecule has 1 saturated heterocycles. The van der Waals surface area contributed by atoms with Crippen molar-refractivity contribution in [1.29, 1.82) is 0 Å². The first-order chi connectivity index (χ1) is 12.3. The number of halogens is 6. The van der Waals surface area contributed by atoms with Gasteiger partial charge in [-0.3, -0.25) is 13.9 Å². The number of hydrogen-bond donors (Lipinski definition) is 0. The van der Waals surface area contributed by atoms with Gasteiger partial charge < -0.3 is 0 Å². The number of amides is 1. The van der Waals surface area contributed by atoms with Crippen molar-refractivity contribution in [3.05, 3.63) is 23.3 Å². The average molecular weight is 432 g/mol. The van der Waals surface area contributed by atoms with Crippen LogP contribution in [0.3, 0.4) is 0 Å². The van der Waals surface area contributed by atoms with Gasteiger partial charge in [-0.1, -0.05) is 17.8 Å². The monoisotopic (exact) mass is 432 g/mol. The number of carbonyl (C=O) groups is 1. The number of aliphatic imine (C=N–C) groups is 1. The van der Waals surface area contributed by atoms with E-state index in [4.69, 9.17) is 0 Å². The van der Waals surface area contributed by atoms with Gasteiger partial charge >= 0.3 is 12.4 Å². The van der Waals surface area contributed by atoms with Crippen molar-refractivity contribution in [2.75, 3.05) is 18.1 Å². The fourth-order valence-electron chi connectivity index (χ4n) is 2.33. The molecule has 1 amide bonds. The quantitative estimate of drug-likeness (QED) is 0.674. The largest absolute Gasteiger partial charge is 0.406 e. The molecule has 4 nitrogen and oxygen atoms in total. The van der Waals surface area contributed by atoms with E-state index in [9.17, 15) is 35.3 Å². The topological polar surface area (TPSA) is 49.7 Å². The Kier molecular flexibility index (Phi) is 6.30. The molecule has 1 aromatic carbocycles. The second kappa shape index (κ2) is 7.82. The van der Waals surface area contributed by atoms with Gasteiger partial charge in [-0.2, -0.15) is 26.3 Å². The summed E-state index contributed by atoms with van der Waals surface area (Å²) in [5.41, 5.74) is 0.886. The molecular formula is C15H14F6N2O2S2. The van der Waals surface area contributed by atoms with E-state index in [0.29, 0.717) is 16.0 Å². The van der Waals surface area contributed by atoms with Crippen LogP contribution in [-0.4, -0.2) is 50.6 Å². The fraction of sp³-hybridized carbons (Fsp3) is 0.467. The number of nitrogens with zero attached hydrogens (tertiary/aromatic N) is 2. The summed E-state index contributed by atoms with van der Waals surface area (Å²) in [4.78, 5) is 16.1. The lowest BCUT2D eigenvalue weighted by molar-refractivity contribution is -0.150. The van der Waals surface area contributed by atoms with Gasteiger partial charge in [0.25, 0.3) is 0 Å². The van der Waals surface area contributed by atoms with Gasteiger partial charge in [-0.05, 0) is 31.0 Å². The number of benzene rings is 1. The zero-order chi connectivity index (χ0) is 20.6. The lowest BCUT2D eigenvalue weighted by atomic mass is 10.1. The summed E-state index contributed by atoms with van der Waals surface area (Å²) < 4.78 is 87.5. The highest BCUT2D eigenvalue weighted by molar-refractivity contribution is 8.15. The first kappa shape index (κ1) is 21.7. The molecule has 1 atom stereocenters. The second-order valence-electron chi connectivity index (χ2n) is 5.79. The highest BCUT2D eigenvalue weighted by Crippen LogP contribution is 2.32. The van der Waals surface area contributed by atoms with E-state index < -0.39 is 41.4 Å². The van der Waals surface area contributed by atoms with Gasteiger partial charge in [-0.25, -0.2) is 4.99 Å². The standard InChI is InChI=1S/C15H14F6N2O2S2/c1-8-3-9(2)11(27(25)7-15(19,20)21)4-10(8)22-13-23(6-14(16,17)18)12(24)5-26-13/h3-4H,5-7H2,1-2H3. The Morgan fingerprint density at radius 2 is 1.74 bits per heavy atom. The highest BCUT2D eigenvalue weighted by Gasteiger charge is 2.39. The SMILES string of the molecule is Cc1cc(C)c(S(=O)CC(F)(F)F)cc1N=C1SCC(=O)N1CC(F)(F)F. The fourth-order valence-corrected chi connectivity index (χ4v) is 4.34. The minimum absolute atomic E-state index is 0.0653. The van der Waals surface area contributed by atoms with Crippen molar-refractivity contribution in [3.8, 4) is 0 Å². The third-order valence-electron chi connectivity index (χ3n) is 3.44. The normalized spacial score (nSPS) is 18.4. The Morgan fingerprint density at radius 1 is 1.11 bits per heavy atom. The summed E-state index contributed by atoms with van der Waals surface area (Å²) in [5.74, 6) is -2.52. The van der Waals surface area contributed by atoms with Crippen molar-refractivity contribution in [1.82, 2.24) is 4.90 Å². The molecule has 0 bridgehead atoms. The van der Waals surface area contributed by atoms with Crippen molar-refractivity contribution in [3.63, 3.8) is 0 Å². The molecule has 0 spiro atoms. The molecular weight excluding hydrogens is 418 g/mol. The van der Waals surface area contributed by atoms with Crippen molar-refractivity contribution >= 4 is 39.3 Å². The number of carbonyl (C=O) groups excluding carboxylic acids is 1. The van der Waals surface area contributed by atoms with Crippen LogP contribution < -0.4 is 0 Å². The lowest BCUT2D eigenvalue weighted by Gasteiger charge is -2.18. The molecule has 2 rings (SSSR count). The Balaban J connectivity index is 2.40. The summed E-state index contributed by atoms with van der Waals surface area (Å²) >= 11 is 0.802. The maximum atomic E-state index is 12.6. The average Bonchev–Trinajstić information content (AvgIpc) is 2.79. The second-order valence-corrected chi connectivity index (χ2v) is 8.15. The van der Waals surface area contributed by atoms with E-state index in [1.165, 1.54) is 13.0 Å². The first-order valence-electron chi connectivity index (χ1n) is 7.42. The Morgan fingerprint density at radius 3 is 2.30 bits per heavy atom. The van der Waals surface area contributed by atoms with Crippen LogP contribution in [0.4, 0.5) is 32.0 Å². The summed E-state index contributed by atoms with van der Waals surface area (Å²) in [6.45, 7) is 1.55. The number of hydrogen-bond acceptors (Lipinski definition) is 4. The molecule has 1 aliphatic rings. The molecule has 1 fully saturated rings. The zero-order valence-electron chi connectivity index (χ0n) is 14.1. The minimum atomic E-state index is -4.63. The molecule has 27 heavy (non-hydrogen) atoms. The van der Waals surface area contributed by atoms with Gasteiger partial charge in [0.05, 0.1) is 22.2 Å². The Hall–Kier alpha value is -1.56. The maximum Gasteiger partial charge on any atom is 0.406 e. The van der Waals surface area contributed by atoms with Gasteiger partial charge in [0.2, 0.25) is 5.91 Å². The van der Waals surface area contributed by atoms with Crippen molar-refractivity contribution < 1.29 is 35.3 Å². The molecule has 0 N–H and O–H groups in total. The number of rotatable bonds is 4. The van der Waals surface area contributed by atoms with Crippen LogP contribution in [0.5, 0.6) is 0 Å². The van der Waals surface area contributed by atoms with Crippen LogP contribution >= 0.6 is 11.8 Å². The zero-order valence-corrected chi connectivity index (χ0v) is 15.7.